The van der Waals surface area contributed by atoms with Crippen LogP contribution >= 0.6 is 0 Å². The first-order chi connectivity index (χ1) is 14.1. The third-order valence-electron chi connectivity index (χ3n) is 4.90. The van der Waals surface area contributed by atoms with Gasteiger partial charge in [-0.15, -0.1) is 0 Å². The summed E-state index contributed by atoms with van der Waals surface area (Å²) >= 11 is 0. The fraction of sp³-hybridized carbons (Fsp3) is 0.190. The van der Waals surface area contributed by atoms with Gasteiger partial charge in [-0.2, -0.15) is 0 Å². The van der Waals surface area contributed by atoms with Gasteiger partial charge < -0.3 is 15.6 Å². The smallest absolute Gasteiger partial charge is 0.274 e. The van der Waals surface area contributed by atoms with Gasteiger partial charge in [0.25, 0.3) is 11.8 Å². The highest BCUT2D eigenvalue weighted by molar-refractivity contribution is 6.01. The first kappa shape index (κ1) is 18.7. The van der Waals surface area contributed by atoms with E-state index in [2.05, 4.69) is 15.6 Å². The van der Waals surface area contributed by atoms with Crippen molar-refractivity contribution < 1.29 is 19.6 Å². The molecule has 0 spiro atoms. The highest BCUT2D eigenvalue weighted by Crippen LogP contribution is 2.26. The van der Waals surface area contributed by atoms with Crippen molar-refractivity contribution in [2.75, 3.05) is 0 Å². The van der Waals surface area contributed by atoms with Gasteiger partial charge in [-0.3, -0.25) is 19.6 Å². The zero-order valence-electron chi connectivity index (χ0n) is 15.4. The molecule has 1 heterocycles. The number of rotatable bonds is 6. The Labute approximate surface area is 166 Å². The zero-order chi connectivity index (χ0) is 20.4. The van der Waals surface area contributed by atoms with Gasteiger partial charge in [0.1, 0.15) is 6.04 Å². The molecule has 0 radical (unpaired) electrons. The topological polar surface area (TPSA) is 123 Å². The van der Waals surface area contributed by atoms with Crippen LogP contribution < -0.4 is 16.1 Å². The van der Waals surface area contributed by atoms with Crippen LogP contribution in [-0.2, 0) is 4.79 Å². The van der Waals surface area contributed by atoms with Gasteiger partial charge >= 0.3 is 0 Å². The lowest BCUT2D eigenvalue weighted by Gasteiger charge is -2.18. The van der Waals surface area contributed by atoms with E-state index in [1.165, 1.54) is 24.3 Å². The van der Waals surface area contributed by atoms with Gasteiger partial charge in [-0.05, 0) is 43.2 Å². The van der Waals surface area contributed by atoms with E-state index in [4.69, 9.17) is 5.21 Å². The van der Waals surface area contributed by atoms with Crippen LogP contribution in [0.15, 0.2) is 54.7 Å². The molecule has 1 fully saturated rings. The average molecular weight is 392 g/mol. The molecule has 0 bridgehead atoms. The SMILES string of the molecule is O=C(NO)c1ccc(C(=O)N[C@H](C(=O)NC2CC2)c2c[nH]c3ccccc23)cc1. The minimum atomic E-state index is -0.861. The lowest BCUT2D eigenvalue weighted by atomic mass is 10.0. The number of benzene rings is 2. The number of para-hydroxylation sites is 1. The largest absolute Gasteiger partial charge is 0.361 e. The molecule has 148 valence electrons. The molecular weight excluding hydrogens is 372 g/mol. The molecule has 3 amide bonds. The number of hydrogen-bond acceptors (Lipinski definition) is 4. The third-order valence-corrected chi connectivity index (χ3v) is 4.90. The minimum absolute atomic E-state index is 0.156. The minimum Gasteiger partial charge on any atom is -0.361 e. The van der Waals surface area contributed by atoms with Gasteiger partial charge in [0.2, 0.25) is 5.91 Å². The van der Waals surface area contributed by atoms with Crippen LogP contribution in [0, 0.1) is 0 Å². The number of aromatic amines is 1. The number of amides is 3. The third kappa shape index (κ3) is 3.97. The molecule has 1 aliphatic rings. The lowest BCUT2D eigenvalue weighted by Crippen LogP contribution is -2.41. The second-order valence-corrected chi connectivity index (χ2v) is 7.00. The molecular formula is C21H20N4O4. The summed E-state index contributed by atoms with van der Waals surface area (Å²) < 4.78 is 0. The molecule has 1 atom stereocenters. The van der Waals surface area contributed by atoms with Gasteiger partial charge in [0.15, 0.2) is 0 Å². The van der Waals surface area contributed by atoms with Crippen molar-refractivity contribution in [1.82, 2.24) is 21.1 Å². The predicted octanol–water partition coefficient (Wildman–Crippen LogP) is 2.04. The molecule has 2 aromatic carbocycles. The molecule has 8 nitrogen and oxygen atoms in total. The van der Waals surface area contributed by atoms with Crippen molar-refractivity contribution in [3.63, 3.8) is 0 Å². The maximum Gasteiger partial charge on any atom is 0.274 e. The van der Waals surface area contributed by atoms with Gasteiger partial charge in [-0.25, -0.2) is 5.48 Å². The van der Waals surface area contributed by atoms with Crippen molar-refractivity contribution in [1.29, 1.82) is 0 Å². The zero-order valence-corrected chi connectivity index (χ0v) is 15.4. The van der Waals surface area contributed by atoms with E-state index in [9.17, 15) is 14.4 Å². The van der Waals surface area contributed by atoms with Crippen molar-refractivity contribution in [3.8, 4) is 0 Å². The van der Waals surface area contributed by atoms with E-state index < -0.39 is 17.9 Å². The number of carbonyl (C=O) groups is 3. The number of hydrogen-bond donors (Lipinski definition) is 5. The van der Waals surface area contributed by atoms with Gasteiger partial charge in [0, 0.05) is 39.8 Å². The number of aromatic nitrogens is 1. The average Bonchev–Trinajstić information content (AvgIpc) is 3.47. The summed E-state index contributed by atoms with van der Waals surface area (Å²) in [5, 5.41) is 15.3. The van der Waals surface area contributed by atoms with Gasteiger partial charge in [-0.1, -0.05) is 18.2 Å². The maximum absolute atomic E-state index is 12.9. The summed E-state index contributed by atoms with van der Waals surface area (Å²) in [7, 11) is 0. The Bertz CT molecular complexity index is 1070. The van der Waals surface area contributed by atoms with Gasteiger partial charge in [0.05, 0.1) is 0 Å². The molecule has 1 saturated carbocycles. The molecule has 4 rings (SSSR count). The molecule has 1 aliphatic carbocycles. The lowest BCUT2D eigenvalue weighted by molar-refractivity contribution is -0.123. The number of carbonyl (C=O) groups excluding carboxylic acids is 3. The summed E-state index contributed by atoms with van der Waals surface area (Å²) in [4.78, 5) is 40.2. The van der Waals surface area contributed by atoms with Crippen LogP contribution in [0.3, 0.4) is 0 Å². The molecule has 0 saturated heterocycles. The first-order valence-corrected chi connectivity index (χ1v) is 9.28. The normalized spacial score (nSPS) is 14.2. The molecule has 5 N–H and O–H groups in total. The van der Waals surface area contributed by atoms with E-state index in [1.807, 2.05) is 24.3 Å². The van der Waals surface area contributed by atoms with E-state index in [1.54, 1.807) is 11.7 Å². The Morgan fingerprint density at radius 1 is 0.966 bits per heavy atom. The summed E-state index contributed by atoms with van der Waals surface area (Å²) in [6, 6.07) is 12.6. The Morgan fingerprint density at radius 3 is 2.28 bits per heavy atom. The maximum atomic E-state index is 12.9. The quantitative estimate of drug-likeness (QED) is 0.325. The molecule has 3 aromatic rings. The fourth-order valence-electron chi connectivity index (χ4n) is 3.18. The predicted molar refractivity (Wildman–Crippen MR) is 105 cm³/mol. The van der Waals surface area contributed by atoms with Crippen molar-refractivity contribution >= 4 is 28.6 Å². The van der Waals surface area contributed by atoms with E-state index in [-0.39, 0.29) is 17.5 Å². The Morgan fingerprint density at radius 2 is 1.62 bits per heavy atom. The summed E-state index contributed by atoms with van der Waals surface area (Å²) in [6.07, 6.45) is 3.61. The second kappa shape index (κ2) is 7.76. The van der Waals surface area contributed by atoms with Crippen molar-refractivity contribution in [2.24, 2.45) is 0 Å². The van der Waals surface area contributed by atoms with Crippen LogP contribution in [0.2, 0.25) is 0 Å². The second-order valence-electron chi connectivity index (χ2n) is 7.00. The van der Waals surface area contributed by atoms with Crippen LogP contribution in [0.25, 0.3) is 10.9 Å². The fourth-order valence-corrected chi connectivity index (χ4v) is 3.18. The van der Waals surface area contributed by atoms with E-state index in [0.29, 0.717) is 11.1 Å². The summed E-state index contributed by atoms with van der Waals surface area (Å²) in [6.45, 7) is 0. The Hall–Kier alpha value is -3.65. The van der Waals surface area contributed by atoms with Crippen LogP contribution in [-0.4, -0.2) is 34.0 Å². The molecule has 0 unspecified atom stereocenters. The van der Waals surface area contributed by atoms with E-state index >= 15 is 0 Å². The highest BCUT2D eigenvalue weighted by atomic mass is 16.5. The molecule has 0 aliphatic heterocycles. The van der Waals surface area contributed by atoms with Crippen molar-refractivity contribution in [3.05, 3.63) is 71.4 Å². The highest BCUT2D eigenvalue weighted by Gasteiger charge is 2.31. The summed E-state index contributed by atoms with van der Waals surface area (Å²) in [5.41, 5.74) is 3.61. The monoisotopic (exact) mass is 392 g/mol. The Kier molecular flexibility index (Phi) is 5.01. The number of nitrogens with one attached hydrogen (secondary N) is 4. The van der Waals surface area contributed by atoms with E-state index in [0.717, 1.165) is 23.7 Å². The Balaban J connectivity index is 1.60. The number of fused-ring (bicyclic) bond motifs is 1. The van der Waals surface area contributed by atoms with Crippen molar-refractivity contribution in [2.45, 2.75) is 24.9 Å². The molecule has 8 heteroatoms. The number of H-pyrrole nitrogens is 1. The standard InChI is InChI=1S/C21H20N4O4/c26-19(12-5-7-13(8-6-12)20(27)25-29)24-18(21(28)23-14-9-10-14)16-11-22-17-4-2-1-3-15(16)17/h1-8,11,14,18,22,29H,9-10H2,(H,23,28)(H,24,26)(H,25,27)/t18-/m0/s1. The first-order valence-electron chi connectivity index (χ1n) is 9.28. The molecule has 1 aromatic heterocycles. The number of hydroxylamine groups is 1. The van der Waals surface area contributed by atoms with Crippen LogP contribution in [0.4, 0.5) is 0 Å². The van der Waals surface area contributed by atoms with Crippen LogP contribution in [0.5, 0.6) is 0 Å². The summed E-state index contributed by atoms with van der Waals surface area (Å²) in [5.74, 6) is -1.37. The van der Waals surface area contributed by atoms with Crippen LogP contribution in [0.1, 0.15) is 45.2 Å². The molecule has 29 heavy (non-hydrogen) atoms.